The van der Waals surface area contributed by atoms with Crippen LogP contribution in [0, 0.1) is 0 Å². The number of unbranched alkanes of at least 4 members (excludes halogenated alkanes) is 2. The van der Waals surface area contributed by atoms with Gasteiger partial charge in [0.15, 0.2) is 5.78 Å². The second-order valence-corrected chi connectivity index (χ2v) is 6.72. The van der Waals surface area contributed by atoms with Crippen LogP contribution in [0.25, 0.3) is 6.08 Å². The fourth-order valence-corrected chi connectivity index (χ4v) is 3.13. The summed E-state index contributed by atoms with van der Waals surface area (Å²) in [5.41, 5.74) is 1.90. The van der Waals surface area contributed by atoms with Gasteiger partial charge in [-0.05, 0) is 35.9 Å². The van der Waals surface area contributed by atoms with Gasteiger partial charge in [0.05, 0.1) is 0 Å². The Bertz CT molecular complexity index is 697. The highest BCUT2D eigenvalue weighted by atomic mass is 32.1. The van der Waals surface area contributed by atoms with Gasteiger partial charge in [-0.15, -0.1) is 11.3 Å². The lowest BCUT2D eigenvalue weighted by Gasteiger charge is -2.05. The summed E-state index contributed by atoms with van der Waals surface area (Å²) in [6.45, 7) is 2.17. The summed E-state index contributed by atoms with van der Waals surface area (Å²) in [6.07, 6.45) is 6.03. The number of carboxylic acid groups (broad SMARTS) is 1. The molecular formula is C20H22O3S. The molecule has 0 fully saturated rings. The molecule has 0 saturated heterocycles. The molecule has 0 saturated carbocycles. The number of rotatable bonds is 9. The SMILES string of the molecule is CCCCCc1ccc(C(=O)CC(=Cc2cccs2)C(=O)O)cc1. The molecule has 0 radical (unpaired) electrons. The standard InChI is InChI=1S/C20H22O3S/c1-2-3-4-6-15-8-10-16(11-9-15)19(21)14-17(20(22)23)13-18-7-5-12-24-18/h5,7-13H,2-4,6,14H2,1H3,(H,22,23). The number of carbonyl (C=O) groups excluding carboxylic acids is 1. The van der Waals surface area contributed by atoms with Crippen molar-refractivity contribution in [2.45, 2.75) is 39.0 Å². The Kier molecular flexibility index (Phi) is 6.94. The van der Waals surface area contributed by atoms with Crippen LogP contribution >= 0.6 is 11.3 Å². The molecule has 0 amide bonds. The highest BCUT2D eigenvalue weighted by molar-refractivity contribution is 7.10. The maximum Gasteiger partial charge on any atom is 0.332 e. The van der Waals surface area contributed by atoms with Crippen LogP contribution in [0.15, 0.2) is 47.4 Å². The van der Waals surface area contributed by atoms with E-state index in [2.05, 4.69) is 6.92 Å². The molecule has 0 atom stereocenters. The molecule has 1 N–H and O–H groups in total. The number of carbonyl (C=O) groups is 2. The van der Waals surface area contributed by atoms with Crippen molar-refractivity contribution in [1.82, 2.24) is 0 Å². The summed E-state index contributed by atoms with van der Waals surface area (Å²) < 4.78 is 0. The van der Waals surface area contributed by atoms with Crippen molar-refractivity contribution >= 4 is 29.2 Å². The molecule has 0 aliphatic heterocycles. The first-order chi connectivity index (χ1) is 11.6. The molecular weight excluding hydrogens is 320 g/mol. The van der Waals surface area contributed by atoms with Gasteiger partial charge in [0, 0.05) is 22.4 Å². The number of carboxylic acids is 1. The van der Waals surface area contributed by atoms with Crippen molar-refractivity contribution in [2.75, 3.05) is 0 Å². The third kappa shape index (κ3) is 5.46. The largest absolute Gasteiger partial charge is 0.478 e. The van der Waals surface area contributed by atoms with Crippen LogP contribution in [0.1, 0.15) is 53.4 Å². The van der Waals surface area contributed by atoms with Crippen molar-refractivity contribution < 1.29 is 14.7 Å². The van der Waals surface area contributed by atoms with Gasteiger partial charge in [-0.25, -0.2) is 4.79 Å². The van der Waals surface area contributed by atoms with Gasteiger partial charge >= 0.3 is 5.97 Å². The van der Waals surface area contributed by atoms with Gasteiger partial charge in [-0.1, -0.05) is 50.1 Å². The normalized spacial score (nSPS) is 11.5. The lowest BCUT2D eigenvalue weighted by atomic mass is 10.00. The minimum Gasteiger partial charge on any atom is -0.478 e. The highest BCUT2D eigenvalue weighted by Crippen LogP contribution is 2.18. The molecule has 2 rings (SSSR count). The van der Waals surface area contributed by atoms with Gasteiger partial charge in [-0.2, -0.15) is 0 Å². The Morgan fingerprint density at radius 3 is 2.46 bits per heavy atom. The number of aryl methyl sites for hydroxylation is 1. The third-order valence-electron chi connectivity index (χ3n) is 3.83. The molecule has 0 aliphatic carbocycles. The summed E-state index contributed by atoms with van der Waals surface area (Å²) in [6, 6.07) is 11.2. The third-order valence-corrected chi connectivity index (χ3v) is 4.65. The number of aliphatic carboxylic acids is 1. The fourth-order valence-electron chi connectivity index (χ4n) is 2.44. The first-order valence-corrected chi connectivity index (χ1v) is 9.07. The summed E-state index contributed by atoms with van der Waals surface area (Å²) in [4.78, 5) is 24.6. The van der Waals surface area contributed by atoms with E-state index in [0.717, 1.165) is 17.7 Å². The van der Waals surface area contributed by atoms with E-state index in [9.17, 15) is 14.7 Å². The Hall–Kier alpha value is -2.20. The monoisotopic (exact) mass is 342 g/mol. The molecule has 0 bridgehead atoms. The molecule has 126 valence electrons. The Morgan fingerprint density at radius 1 is 1.12 bits per heavy atom. The number of thiophene rings is 1. The van der Waals surface area contributed by atoms with Crippen LogP contribution < -0.4 is 0 Å². The van der Waals surface area contributed by atoms with E-state index in [0.29, 0.717) is 5.56 Å². The summed E-state index contributed by atoms with van der Waals surface area (Å²) in [5.74, 6) is -1.21. The van der Waals surface area contributed by atoms with Crippen LogP contribution in [0.3, 0.4) is 0 Å². The summed E-state index contributed by atoms with van der Waals surface area (Å²) in [5, 5.41) is 11.2. The van der Waals surface area contributed by atoms with Crippen LogP contribution in [0.2, 0.25) is 0 Å². The Balaban J connectivity index is 2.03. The second kappa shape index (κ2) is 9.18. The zero-order chi connectivity index (χ0) is 17.4. The molecule has 0 unspecified atom stereocenters. The maximum atomic E-state index is 12.4. The van der Waals surface area contributed by atoms with Gasteiger partial charge in [0.2, 0.25) is 0 Å². The molecule has 4 heteroatoms. The molecule has 1 aromatic heterocycles. The number of benzene rings is 1. The van der Waals surface area contributed by atoms with E-state index in [1.165, 1.54) is 29.7 Å². The lowest BCUT2D eigenvalue weighted by molar-refractivity contribution is -0.132. The van der Waals surface area contributed by atoms with Gasteiger partial charge in [0.1, 0.15) is 0 Å². The van der Waals surface area contributed by atoms with E-state index in [1.807, 2.05) is 29.6 Å². The highest BCUT2D eigenvalue weighted by Gasteiger charge is 2.15. The average Bonchev–Trinajstić information content (AvgIpc) is 3.08. The average molecular weight is 342 g/mol. The van der Waals surface area contributed by atoms with Crippen LogP contribution in [-0.2, 0) is 11.2 Å². The fraction of sp³-hybridized carbons (Fsp3) is 0.300. The number of Topliss-reactive ketones (excluding diaryl/α,β-unsaturated/α-hetero) is 1. The van der Waals surface area contributed by atoms with Crippen molar-refractivity contribution in [3.05, 3.63) is 63.4 Å². The first kappa shape index (κ1) is 18.1. The maximum absolute atomic E-state index is 12.4. The van der Waals surface area contributed by atoms with E-state index >= 15 is 0 Å². The second-order valence-electron chi connectivity index (χ2n) is 5.74. The predicted molar refractivity (Wildman–Crippen MR) is 98.6 cm³/mol. The molecule has 3 nitrogen and oxygen atoms in total. The van der Waals surface area contributed by atoms with Gasteiger partial charge in [-0.3, -0.25) is 4.79 Å². The van der Waals surface area contributed by atoms with Gasteiger partial charge in [0.25, 0.3) is 0 Å². The van der Waals surface area contributed by atoms with Crippen LogP contribution in [-0.4, -0.2) is 16.9 Å². The molecule has 0 spiro atoms. The summed E-state index contributed by atoms with van der Waals surface area (Å²) >= 11 is 1.45. The molecule has 1 heterocycles. The summed E-state index contributed by atoms with van der Waals surface area (Å²) in [7, 11) is 0. The number of hydrogen-bond acceptors (Lipinski definition) is 3. The smallest absolute Gasteiger partial charge is 0.332 e. The van der Waals surface area contributed by atoms with E-state index in [-0.39, 0.29) is 17.8 Å². The minimum absolute atomic E-state index is 0.0948. The van der Waals surface area contributed by atoms with E-state index < -0.39 is 5.97 Å². The zero-order valence-corrected chi connectivity index (χ0v) is 14.6. The zero-order valence-electron chi connectivity index (χ0n) is 13.8. The number of ketones is 1. The van der Waals surface area contributed by atoms with Crippen LogP contribution in [0.4, 0.5) is 0 Å². The predicted octanol–water partition coefficient (Wildman–Crippen LogP) is 5.22. The van der Waals surface area contributed by atoms with Crippen molar-refractivity contribution in [3.8, 4) is 0 Å². The van der Waals surface area contributed by atoms with Crippen molar-refractivity contribution in [3.63, 3.8) is 0 Å². The first-order valence-electron chi connectivity index (χ1n) is 8.19. The quantitative estimate of drug-likeness (QED) is 0.386. The lowest BCUT2D eigenvalue weighted by Crippen LogP contribution is -2.08. The minimum atomic E-state index is -1.05. The van der Waals surface area contributed by atoms with Crippen molar-refractivity contribution in [2.24, 2.45) is 0 Å². The van der Waals surface area contributed by atoms with Crippen LogP contribution in [0.5, 0.6) is 0 Å². The van der Waals surface area contributed by atoms with E-state index in [1.54, 1.807) is 18.2 Å². The van der Waals surface area contributed by atoms with Gasteiger partial charge < -0.3 is 5.11 Å². The Morgan fingerprint density at radius 2 is 1.88 bits per heavy atom. The van der Waals surface area contributed by atoms with Crippen molar-refractivity contribution in [1.29, 1.82) is 0 Å². The molecule has 24 heavy (non-hydrogen) atoms. The topological polar surface area (TPSA) is 54.4 Å². The Labute approximate surface area is 146 Å². The molecule has 2 aromatic rings. The van der Waals surface area contributed by atoms with E-state index in [4.69, 9.17) is 0 Å². The molecule has 0 aliphatic rings. The molecule has 1 aromatic carbocycles. The number of hydrogen-bond donors (Lipinski definition) is 1.